The van der Waals surface area contributed by atoms with Gasteiger partial charge in [0.1, 0.15) is 0 Å². The van der Waals surface area contributed by atoms with Crippen LogP contribution >= 0.6 is 0 Å². The summed E-state index contributed by atoms with van der Waals surface area (Å²) in [5, 5.41) is 0. The molecule has 0 fully saturated rings. The minimum atomic E-state index is -4.67. The molecule has 0 amide bonds. The quantitative estimate of drug-likeness (QED) is 0.630. The summed E-state index contributed by atoms with van der Waals surface area (Å²) >= 11 is 0. The summed E-state index contributed by atoms with van der Waals surface area (Å²) in [6, 6.07) is 10.7. The van der Waals surface area contributed by atoms with Crippen molar-refractivity contribution in [2.75, 3.05) is 0 Å². The maximum atomic E-state index is 8.74. The predicted octanol–water partition coefficient (Wildman–Crippen LogP) is 3.16. The highest BCUT2D eigenvalue weighted by molar-refractivity contribution is 7.79. The second-order valence-electron chi connectivity index (χ2n) is 3.74. The standard InChI is InChI=1S/C12H18.H2O4S/c1-2-3-4-6-9-12-10-7-5-8-11-12;1-5(2,3)4/h5,7-8,10-11H,2-4,6,9H2,1H3;(H2,1,2,3,4). The number of benzene rings is 1. The summed E-state index contributed by atoms with van der Waals surface area (Å²) < 4.78 is 31.6. The molecule has 2 N–H and O–H groups in total. The summed E-state index contributed by atoms with van der Waals surface area (Å²) in [6.07, 6.45) is 6.69. The van der Waals surface area contributed by atoms with Crippen LogP contribution in [0, 0.1) is 0 Å². The average molecular weight is 260 g/mol. The highest BCUT2D eigenvalue weighted by Crippen LogP contribution is 2.06. The van der Waals surface area contributed by atoms with Crippen molar-refractivity contribution < 1.29 is 17.5 Å². The molecule has 0 aliphatic rings. The molecule has 0 radical (unpaired) electrons. The minimum Gasteiger partial charge on any atom is -0.264 e. The maximum Gasteiger partial charge on any atom is 0.394 e. The van der Waals surface area contributed by atoms with Gasteiger partial charge in [0.05, 0.1) is 0 Å². The first-order valence-corrected chi connectivity index (χ1v) is 7.07. The molecule has 0 aliphatic heterocycles. The van der Waals surface area contributed by atoms with E-state index in [-0.39, 0.29) is 0 Å². The SMILES string of the molecule is CCCCCCc1ccccc1.O=S(=O)(O)O. The zero-order chi connectivity index (χ0) is 13.1. The lowest BCUT2D eigenvalue weighted by Crippen LogP contribution is -1.89. The molecule has 0 saturated carbocycles. The van der Waals surface area contributed by atoms with E-state index in [9.17, 15) is 0 Å². The number of hydrogen-bond acceptors (Lipinski definition) is 2. The Morgan fingerprint density at radius 2 is 1.53 bits per heavy atom. The van der Waals surface area contributed by atoms with E-state index in [2.05, 4.69) is 37.3 Å². The molecule has 0 aliphatic carbocycles. The lowest BCUT2D eigenvalue weighted by molar-refractivity contribution is 0.381. The van der Waals surface area contributed by atoms with Crippen LogP contribution in [0.3, 0.4) is 0 Å². The molecule has 5 heteroatoms. The zero-order valence-corrected chi connectivity index (χ0v) is 10.9. The fourth-order valence-electron chi connectivity index (χ4n) is 1.40. The molecule has 4 nitrogen and oxygen atoms in total. The summed E-state index contributed by atoms with van der Waals surface area (Å²) in [6.45, 7) is 2.25. The highest BCUT2D eigenvalue weighted by Gasteiger charge is 1.90. The van der Waals surface area contributed by atoms with Gasteiger partial charge in [-0.2, -0.15) is 8.42 Å². The number of hydrogen-bond donors (Lipinski definition) is 2. The monoisotopic (exact) mass is 260 g/mol. The molecule has 1 rings (SSSR count). The largest absolute Gasteiger partial charge is 0.394 e. The zero-order valence-electron chi connectivity index (χ0n) is 10.0. The van der Waals surface area contributed by atoms with E-state index in [1.54, 1.807) is 0 Å². The molecule has 0 spiro atoms. The van der Waals surface area contributed by atoms with Crippen molar-refractivity contribution in [1.29, 1.82) is 0 Å². The Morgan fingerprint density at radius 1 is 1.00 bits per heavy atom. The Hall–Kier alpha value is -0.910. The van der Waals surface area contributed by atoms with Crippen molar-refractivity contribution in [2.45, 2.75) is 39.0 Å². The molecule has 0 atom stereocenters. The summed E-state index contributed by atoms with van der Waals surface area (Å²) in [5.74, 6) is 0. The summed E-state index contributed by atoms with van der Waals surface area (Å²) in [7, 11) is -4.67. The van der Waals surface area contributed by atoms with Crippen LogP contribution in [0.15, 0.2) is 30.3 Å². The van der Waals surface area contributed by atoms with Crippen molar-refractivity contribution >= 4 is 10.4 Å². The molecule has 1 aromatic carbocycles. The molecular weight excluding hydrogens is 240 g/mol. The van der Waals surface area contributed by atoms with Crippen LogP contribution in [0.5, 0.6) is 0 Å². The summed E-state index contributed by atoms with van der Waals surface area (Å²) in [4.78, 5) is 0. The van der Waals surface area contributed by atoms with E-state index in [0.29, 0.717) is 0 Å². The minimum absolute atomic E-state index is 1.25. The van der Waals surface area contributed by atoms with Crippen LogP contribution in [0.4, 0.5) is 0 Å². The van der Waals surface area contributed by atoms with Crippen molar-refractivity contribution in [3.63, 3.8) is 0 Å². The summed E-state index contributed by atoms with van der Waals surface area (Å²) in [5.41, 5.74) is 1.48. The van der Waals surface area contributed by atoms with E-state index >= 15 is 0 Å². The molecule has 0 saturated heterocycles. The Labute approximate surface area is 103 Å². The molecule has 0 unspecified atom stereocenters. The molecule has 0 heterocycles. The third-order valence-electron chi connectivity index (χ3n) is 2.16. The first-order chi connectivity index (χ1) is 7.93. The Morgan fingerprint density at radius 3 is 2.00 bits per heavy atom. The van der Waals surface area contributed by atoms with Gasteiger partial charge in [-0.15, -0.1) is 0 Å². The van der Waals surface area contributed by atoms with Crippen LogP contribution < -0.4 is 0 Å². The lowest BCUT2D eigenvalue weighted by atomic mass is 10.1. The fourth-order valence-corrected chi connectivity index (χ4v) is 1.40. The van der Waals surface area contributed by atoms with E-state index in [1.165, 1.54) is 37.7 Å². The smallest absolute Gasteiger partial charge is 0.264 e. The Balaban J connectivity index is 0.000000437. The molecule has 0 bridgehead atoms. The van der Waals surface area contributed by atoms with Gasteiger partial charge in [0.15, 0.2) is 0 Å². The first kappa shape index (κ1) is 16.1. The van der Waals surface area contributed by atoms with Crippen molar-refractivity contribution in [3.8, 4) is 0 Å². The van der Waals surface area contributed by atoms with Crippen molar-refractivity contribution in [1.82, 2.24) is 0 Å². The molecule has 17 heavy (non-hydrogen) atoms. The Kier molecular flexibility index (Phi) is 8.66. The topological polar surface area (TPSA) is 74.6 Å². The third-order valence-corrected chi connectivity index (χ3v) is 2.16. The first-order valence-electron chi connectivity index (χ1n) is 5.67. The fraction of sp³-hybridized carbons (Fsp3) is 0.500. The Bertz CT molecular complexity index is 365. The van der Waals surface area contributed by atoms with Gasteiger partial charge in [0.25, 0.3) is 0 Å². The second-order valence-corrected chi connectivity index (χ2v) is 4.64. The van der Waals surface area contributed by atoms with Crippen molar-refractivity contribution in [3.05, 3.63) is 35.9 Å². The lowest BCUT2D eigenvalue weighted by Gasteiger charge is -1.99. The van der Waals surface area contributed by atoms with Crippen LogP contribution in [0.1, 0.15) is 38.2 Å². The molecule has 0 aromatic heterocycles. The van der Waals surface area contributed by atoms with Crippen LogP contribution in [-0.2, 0) is 16.8 Å². The number of rotatable bonds is 5. The van der Waals surface area contributed by atoms with E-state index in [4.69, 9.17) is 17.5 Å². The van der Waals surface area contributed by atoms with Gasteiger partial charge in [-0.25, -0.2) is 0 Å². The van der Waals surface area contributed by atoms with E-state index < -0.39 is 10.4 Å². The van der Waals surface area contributed by atoms with Gasteiger partial charge in [-0.3, -0.25) is 9.11 Å². The average Bonchev–Trinajstić information content (AvgIpc) is 2.24. The highest BCUT2D eigenvalue weighted by atomic mass is 32.3. The molecule has 98 valence electrons. The normalized spacial score (nSPS) is 10.5. The van der Waals surface area contributed by atoms with Crippen molar-refractivity contribution in [2.24, 2.45) is 0 Å². The number of aryl methyl sites for hydroxylation is 1. The third kappa shape index (κ3) is 15.1. The second kappa shape index (κ2) is 9.15. The van der Waals surface area contributed by atoms with E-state index in [1.807, 2.05) is 0 Å². The number of unbranched alkanes of at least 4 members (excludes halogenated alkanes) is 3. The van der Waals surface area contributed by atoms with Gasteiger partial charge < -0.3 is 0 Å². The van der Waals surface area contributed by atoms with E-state index in [0.717, 1.165) is 0 Å². The maximum absolute atomic E-state index is 8.74. The van der Waals surface area contributed by atoms with Gasteiger partial charge in [-0.1, -0.05) is 56.5 Å². The van der Waals surface area contributed by atoms with Crippen LogP contribution in [-0.4, -0.2) is 17.5 Å². The van der Waals surface area contributed by atoms with Crippen LogP contribution in [0.2, 0.25) is 0 Å². The van der Waals surface area contributed by atoms with Gasteiger partial charge in [0.2, 0.25) is 0 Å². The van der Waals surface area contributed by atoms with Gasteiger partial charge in [-0.05, 0) is 18.4 Å². The molecular formula is C12H20O4S. The van der Waals surface area contributed by atoms with Gasteiger partial charge in [0, 0.05) is 0 Å². The molecule has 1 aromatic rings. The van der Waals surface area contributed by atoms with Crippen LogP contribution in [0.25, 0.3) is 0 Å². The van der Waals surface area contributed by atoms with Gasteiger partial charge >= 0.3 is 10.4 Å². The predicted molar refractivity (Wildman–Crippen MR) is 68.5 cm³/mol.